The molecule has 0 saturated heterocycles. The molecular formula is C22H30O5. The second-order valence-corrected chi connectivity index (χ2v) is 7.81. The van der Waals surface area contributed by atoms with Crippen molar-refractivity contribution in [2.24, 2.45) is 11.8 Å². The summed E-state index contributed by atoms with van der Waals surface area (Å²) in [6.07, 6.45) is 8.91. The summed E-state index contributed by atoms with van der Waals surface area (Å²) >= 11 is 0. The van der Waals surface area contributed by atoms with Crippen molar-refractivity contribution in [1.82, 2.24) is 0 Å². The molecule has 0 spiro atoms. The van der Waals surface area contributed by atoms with E-state index in [9.17, 15) is 20.1 Å². The van der Waals surface area contributed by atoms with Crippen molar-refractivity contribution < 1.29 is 24.9 Å². The standard InChI is InChI=1S/C22H30O5/c1-2-3-4-5-16(23)9-11-17-18-10-8-14-6-7-15(22(25)26)12-20(14)27-21(18)13-19(17)24/h6-7,9,11-12,16-19,21,23-24H,2-5,8,10,13H2,1H3,(H,25,26)/b11-9+/t16-,17+,18+,19+,21-/m0/s1. The highest BCUT2D eigenvalue weighted by Crippen LogP contribution is 2.42. The number of carbonyl (C=O) groups is 1. The third-order valence-electron chi connectivity index (χ3n) is 5.89. The second kappa shape index (κ2) is 8.89. The molecule has 0 aromatic heterocycles. The van der Waals surface area contributed by atoms with Gasteiger partial charge >= 0.3 is 5.97 Å². The lowest BCUT2D eigenvalue weighted by molar-refractivity contribution is 0.0695. The van der Waals surface area contributed by atoms with Gasteiger partial charge in [0.25, 0.3) is 0 Å². The van der Waals surface area contributed by atoms with Crippen LogP contribution in [-0.4, -0.2) is 39.6 Å². The number of hydrogen-bond acceptors (Lipinski definition) is 4. The minimum atomic E-state index is -0.966. The fourth-order valence-electron chi connectivity index (χ4n) is 4.33. The van der Waals surface area contributed by atoms with Gasteiger partial charge in [-0.2, -0.15) is 0 Å². The molecule has 5 heteroatoms. The molecule has 0 radical (unpaired) electrons. The Morgan fingerprint density at radius 2 is 2.19 bits per heavy atom. The van der Waals surface area contributed by atoms with E-state index >= 15 is 0 Å². The van der Waals surface area contributed by atoms with Crippen molar-refractivity contribution in [2.75, 3.05) is 0 Å². The Morgan fingerprint density at radius 3 is 2.93 bits per heavy atom. The molecule has 1 aromatic rings. The Morgan fingerprint density at radius 1 is 1.37 bits per heavy atom. The third kappa shape index (κ3) is 4.71. The fourth-order valence-corrected chi connectivity index (χ4v) is 4.33. The maximum Gasteiger partial charge on any atom is 0.335 e. The molecule has 2 aliphatic rings. The molecular weight excluding hydrogens is 344 g/mol. The number of aromatic carboxylic acids is 1. The minimum absolute atomic E-state index is 0.0379. The van der Waals surface area contributed by atoms with Gasteiger partial charge in [0.15, 0.2) is 0 Å². The second-order valence-electron chi connectivity index (χ2n) is 7.81. The summed E-state index contributed by atoms with van der Waals surface area (Å²) in [5.74, 6) is -0.214. The first-order chi connectivity index (χ1) is 13.0. The van der Waals surface area contributed by atoms with Crippen LogP contribution in [0, 0.1) is 11.8 Å². The molecule has 1 fully saturated rings. The van der Waals surface area contributed by atoms with Gasteiger partial charge < -0.3 is 20.1 Å². The largest absolute Gasteiger partial charge is 0.490 e. The Labute approximate surface area is 160 Å². The zero-order valence-electron chi connectivity index (χ0n) is 15.9. The summed E-state index contributed by atoms with van der Waals surface area (Å²) in [4.78, 5) is 11.2. The van der Waals surface area contributed by atoms with E-state index in [1.54, 1.807) is 12.1 Å². The lowest BCUT2D eigenvalue weighted by Gasteiger charge is -2.21. The normalized spacial score (nSPS) is 28.3. The molecule has 5 nitrogen and oxygen atoms in total. The van der Waals surface area contributed by atoms with Crippen LogP contribution in [0.3, 0.4) is 0 Å². The first-order valence-corrected chi connectivity index (χ1v) is 10.1. The fraction of sp³-hybridized carbons (Fsp3) is 0.591. The van der Waals surface area contributed by atoms with Crippen LogP contribution in [0.5, 0.6) is 5.75 Å². The Bertz CT molecular complexity index is 683. The van der Waals surface area contributed by atoms with Crippen LogP contribution in [0.25, 0.3) is 0 Å². The molecule has 0 unspecified atom stereocenters. The van der Waals surface area contributed by atoms with E-state index in [2.05, 4.69) is 6.92 Å². The lowest BCUT2D eigenvalue weighted by Crippen LogP contribution is -2.24. The molecule has 148 valence electrons. The van der Waals surface area contributed by atoms with E-state index in [0.717, 1.165) is 44.1 Å². The number of ether oxygens (including phenoxy) is 1. The number of hydrogen-bond donors (Lipinski definition) is 3. The van der Waals surface area contributed by atoms with E-state index in [1.807, 2.05) is 18.2 Å². The molecule has 5 atom stereocenters. The lowest BCUT2D eigenvalue weighted by atomic mass is 9.88. The first-order valence-electron chi connectivity index (χ1n) is 10.1. The third-order valence-corrected chi connectivity index (χ3v) is 5.89. The Hall–Kier alpha value is -1.85. The average Bonchev–Trinajstić information content (AvgIpc) is 2.81. The number of benzene rings is 1. The number of carboxylic acid groups (broad SMARTS) is 1. The maximum absolute atomic E-state index is 11.2. The van der Waals surface area contributed by atoms with Crippen molar-refractivity contribution in [3.05, 3.63) is 41.5 Å². The molecule has 1 saturated carbocycles. The van der Waals surface area contributed by atoms with Gasteiger partial charge in [0, 0.05) is 18.3 Å². The zero-order chi connectivity index (χ0) is 19.4. The average molecular weight is 374 g/mol. The number of rotatable bonds is 7. The molecule has 27 heavy (non-hydrogen) atoms. The minimum Gasteiger partial charge on any atom is -0.490 e. The summed E-state index contributed by atoms with van der Waals surface area (Å²) < 4.78 is 6.14. The highest BCUT2D eigenvalue weighted by atomic mass is 16.5. The van der Waals surface area contributed by atoms with E-state index in [4.69, 9.17) is 4.74 Å². The Kier molecular flexibility index (Phi) is 6.55. The van der Waals surface area contributed by atoms with Gasteiger partial charge in [-0.1, -0.05) is 44.4 Å². The number of carboxylic acids is 1. The molecule has 1 aromatic carbocycles. The van der Waals surface area contributed by atoms with Crippen LogP contribution >= 0.6 is 0 Å². The molecule has 0 bridgehead atoms. The van der Waals surface area contributed by atoms with Crippen molar-refractivity contribution in [1.29, 1.82) is 0 Å². The predicted octanol–water partition coefficient (Wildman–Crippen LogP) is 3.57. The number of fused-ring (bicyclic) bond motifs is 2. The van der Waals surface area contributed by atoms with E-state index in [-0.39, 0.29) is 23.5 Å². The monoisotopic (exact) mass is 374 g/mol. The molecule has 1 heterocycles. The molecule has 3 N–H and O–H groups in total. The molecule has 1 aliphatic carbocycles. The summed E-state index contributed by atoms with van der Waals surface area (Å²) in [6.45, 7) is 2.14. The SMILES string of the molecule is CCCCC[C@H](O)/C=C/[C@@H]1[C@H]2CCc3ccc(C(=O)O)cc3O[C@H]2C[C@H]1O. The van der Waals surface area contributed by atoms with Gasteiger partial charge in [0.05, 0.1) is 17.8 Å². The van der Waals surface area contributed by atoms with Crippen molar-refractivity contribution in [2.45, 2.75) is 70.2 Å². The smallest absolute Gasteiger partial charge is 0.335 e. The van der Waals surface area contributed by atoms with Crippen molar-refractivity contribution >= 4 is 5.97 Å². The molecule has 0 amide bonds. The first kappa shape index (κ1) is 19.9. The van der Waals surface area contributed by atoms with Crippen molar-refractivity contribution in [3.63, 3.8) is 0 Å². The summed E-state index contributed by atoms with van der Waals surface area (Å²) in [7, 11) is 0. The number of aliphatic hydroxyl groups excluding tert-OH is 2. The molecule has 3 rings (SSSR count). The van der Waals surface area contributed by atoms with Gasteiger partial charge in [0.2, 0.25) is 0 Å². The highest BCUT2D eigenvalue weighted by Gasteiger charge is 2.43. The van der Waals surface area contributed by atoms with Crippen LogP contribution in [0.2, 0.25) is 0 Å². The maximum atomic E-state index is 11.2. The quantitative estimate of drug-likeness (QED) is 0.502. The molecule has 1 aliphatic heterocycles. The predicted molar refractivity (Wildman–Crippen MR) is 103 cm³/mol. The summed E-state index contributed by atoms with van der Waals surface area (Å²) in [6, 6.07) is 5.04. The number of unbranched alkanes of at least 4 members (excludes halogenated alkanes) is 2. The van der Waals surface area contributed by atoms with Gasteiger partial charge in [-0.3, -0.25) is 0 Å². The van der Waals surface area contributed by atoms with E-state index < -0.39 is 18.2 Å². The van der Waals surface area contributed by atoms with E-state index in [1.165, 1.54) is 0 Å². The summed E-state index contributed by atoms with van der Waals surface area (Å²) in [5.41, 5.74) is 1.24. The number of aryl methyl sites for hydroxylation is 1. The zero-order valence-corrected chi connectivity index (χ0v) is 15.9. The van der Waals surface area contributed by atoms with Crippen LogP contribution in [0.15, 0.2) is 30.4 Å². The van der Waals surface area contributed by atoms with Crippen LogP contribution in [-0.2, 0) is 6.42 Å². The highest BCUT2D eigenvalue weighted by molar-refractivity contribution is 5.88. The van der Waals surface area contributed by atoms with Crippen LogP contribution in [0.4, 0.5) is 0 Å². The summed E-state index contributed by atoms with van der Waals surface area (Å²) in [5, 5.41) is 29.9. The van der Waals surface area contributed by atoms with Gasteiger partial charge in [-0.15, -0.1) is 0 Å². The van der Waals surface area contributed by atoms with Crippen molar-refractivity contribution in [3.8, 4) is 5.75 Å². The van der Waals surface area contributed by atoms with Crippen LogP contribution < -0.4 is 4.74 Å². The topological polar surface area (TPSA) is 87.0 Å². The van der Waals surface area contributed by atoms with Gasteiger partial charge in [0.1, 0.15) is 11.9 Å². The van der Waals surface area contributed by atoms with E-state index in [0.29, 0.717) is 12.2 Å². The van der Waals surface area contributed by atoms with Gasteiger partial charge in [-0.25, -0.2) is 4.79 Å². The Balaban J connectivity index is 1.69. The van der Waals surface area contributed by atoms with Crippen LogP contribution in [0.1, 0.15) is 61.4 Å². The number of aliphatic hydroxyl groups is 2. The van der Waals surface area contributed by atoms with Gasteiger partial charge in [-0.05, 0) is 37.0 Å².